The predicted octanol–water partition coefficient (Wildman–Crippen LogP) is 5.28. The fourth-order valence-corrected chi connectivity index (χ4v) is 6.41. The lowest BCUT2D eigenvalue weighted by Gasteiger charge is -2.46. The molecule has 34 heavy (non-hydrogen) atoms. The highest BCUT2D eigenvalue weighted by Crippen LogP contribution is 2.50. The Labute approximate surface area is 203 Å². The van der Waals surface area contributed by atoms with Gasteiger partial charge >= 0.3 is 6.18 Å². The molecule has 0 atom stereocenters. The first kappa shape index (κ1) is 23.2. The molecule has 6 nitrogen and oxygen atoms in total. The SMILES string of the molecule is CNC(=O)c1ccc(NC2CC3(CCN(c4ncnc5sc(CC(F)(F)F)cc45)C3)C2)cc1Cl. The molecule has 1 aromatic carbocycles. The monoisotopic (exact) mass is 509 g/mol. The zero-order chi connectivity index (χ0) is 24.1. The summed E-state index contributed by atoms with van der Waals surface area (Å²) in [5, 5.41) is 7.17. The summed E-state index contributed by atoms with van der Waals surface area (Å²) in [6.45, 7) is 1.63. The number of nitrogens with zero attached hydrogens (tertiary/aromatic N) is 3. The van der Waals surface area contributed by atoms with E-state index in [1.165, 1.54) is 6.33 Å². The molecule has 1 amide bonds. The van der Waals surface area contributed by atoms with Gasteiger partial charge in [0.25, 0.3) is 5.91 Å². The van der Waals surface area contributed by atoms with E-state index in [4.69, 9.17) is 11.6 Å². The van der Waals surface area contributed by atoms with Crippen LogP contribution >= 0.6 is 22.9 Å². The summed E-state index contributed by atoms with van der Waals surface area (Å²) in [5.74, 6) is 0.500. The van der Waals surface area contributed by atoms with Gasteiger partial charge in [-0.15, -0.1) is 11.3 Å². The van der Waals surface area contributed by atoms with Crippen LogP contribution < -0.4 is 15.5 Å². The van der Waals surface area contributed by atoms with Crippen LogP contribution in [0.5, 0.6) is 0 Å². The van der Waals surface area contributed by atoms with Crippen LogP contribution in [0.4, 0.5) is 24.7 Å². The molecular weight excluding hydrogens is 487 g/mol. The molecule has 0 bridgehead atoms. The number of carbonyl (C=O) groups is 1. The molecule has 1 aliphatic heterocycles. The summed E-state index contributed by atoms with van der Waals surface area (Å²) < 4.78 is 38.5. The maximum absolute atomic E-state index is 12.8. The average molecular weight is 510 g/mol. The predicted molar refractivity (Wildman–Crippen MR) is 128 cm³/mol. The molecule has 1 aliphatic carbocycles. The Bertz CT molecular complexity index is 1240. The number of nitrogens with one attached hydrogen (secondary N) is 2. The van der Waals surface area contributed by atoms with E-state index < -0.39 is 12.6 Å². The molecule has 3 aromatic rings. The van der Waals surface area contributed by atoms with Gasteiger partial charge < -0.3 is 15.5 Å². The van der Waals surface area contributed by atoms with Crippen molar-refractivity contribution in [2.75, 3.05) is 30.4 Å². The van der Waals surface area contributed by atoms with Crippen LogP contribution in [0.25, 0.3) is 10.2 Å². The zero-order valence-electron chi connectivity index (χ0n) is 18.4. The van der Waals surface area contributed by atoms with Crippen LogP contribution in [0.15, 0.2) is 30.6 Å². The van der Waals surface area contributed by atoms with Crippen LogP contribution in [-0.4, -0.2) is 48.2 Å². The van der Waals surface area contributed by atoms with Gasteiger partial charge in [-0.2, -0.15) is 13.2 Å². The van der Waals surface area contributed by atoms with Crippen molar-refractivity contribution < 1.29 is 18.0 Å². The third-order valence-electron chi connectivity index (χ3n) is 6.64. The third-order valence-corrected chi connectivity index (χ3v) is 8.00. The Hall–Kier alpha value is -2.59. The van der Waals surface area contributed by atoms with E-state index in [-0.39, 0.29) is 16.2 Å². The van der Waals surface area contributed by atoms with Crippen LogP contribution in [0.2, 0.25) is 5.02 Å². The van der Waals surface area contributed by atoms with Gasteiger partial charge in [-0.25, -0.2) is 9.97 Å². The molecule has 2 fully saturated rings. The molecule has 2 N–H and O–H groups in total. The van der Waals surface area contributed by atoms with Gasteiger partial charge in [-0.05, 0) is 48.9 Å². The number of anilines is 2. The number of benzene rings is 1. The van der Waals surface area contributed by atoms with Gasteiger partial charge in [0.2, 0.25) is 0 Å². The summed E-state index contributed by atoms with van der Waals surface area (Å²) in [4.78, 5) is 23.5. The number of alkyl halides is 3. The number of thiophene rings is 1. The number of aromatic nitrogens is 2. The topological polar surface area (TPSA) is 70.2 Å². The van der Waals surface area contributed by atoms with Crippen molar-refractivity contribution in [3.8, 4) is 0 Å². The maximum atomic E-state index is 12.8. The summed E-state index contributed by atoms with van der Waals surface area (Å²) in [5.41, 5.74) is 1.47. The van der Waals surface area contributed by atoms with Crippen LogP contribution in [0.1, 0.15) is 34.5 Å². The first-order valence-corrected chi connectivity index (χ1v) is 12.2. The Morgan fingerprint density at radius 2 is 2.09 bits per heavy atom. The van der Waals surface area contributed by atoms with E-state index in [9.17, 15) is 18.0 Å². The summed E-state index contributed by atoms with van der Waals surface area (Å²) in [6, 6.07) is 7.22. The highest BCUT2D eigenvalue weighted by Gasteiger charge is 2.49. The molecule has 0 radical (unpaired) electrons. The summed E-state index contributed by atoms with van der Waals surface area (Å²) >= 11 is 7.34. The van der Waals surface area contributed by atoms with E-state index in [1.807, 2.05) is 6.07 Å². The number of halogens is 4. The molecule has 5 rings (SSSR count). The molecular formula is C23H23ClF3N5OS. The molecule has 2 aliphatic rings. The number of fused-ring (bicyclic) bond motifs is 1. The highest BCUT2D eigenvalue weighted by molar-refractivity contribution is 7.18. The number of hydrogen-bond donors (Lipinski definition) is 2. The van der Waals surface area contributed by atoms with Crippen LogP contribution in [-0.2, 0) is 6.42 Å². The van der Waals surface area contributed by atoms with Crippen molar-refractivity contribution in [2.45, 2.75) is 37.9 Å². The van der Waals surface area contributed by atoms with Crippen molar-refractivity contribution in [3.63, 3.8) is 0 Å². The van der Waals surface area contributed by atoms with Crippen LogP contribution in [0.3, 0.4) is 0 Å². The largest absolute Gasteiger partial charge is 0.393 e. The van der Waals surface area contributed by atoms with Gasteiger partial charge in [0.05, 0.1) is 22.4 Å². The third kappa shape index (κ3) is 4.53. The van der Waals surface area contributed by atoms with E-state index in [0.29, 0.717) is 26.8 Å². The molecule has 1 spiro atoms. The van der Waals surface area contributed by atoms with Crippen molar-refractivity contribution in [2.24, 2.45) is 5.41 Å². The lowest BCUT2D eigenvalue weighted by Crippen LogP contribution is -2.46. The molecule has 3 heterocycles. The van der Waals surface area contributed by atoms with Gasteiger partial charge in [0.1, 0.15) is 17.0 Å². The molecule has 0 unspecified atom stereocenters. The summed E-state index contributed by atoms with van der Waals surface area (Å²) in [7, 11) is 1.57. The lowest BCUT2D eigenvalue weighted by molar-refractivity contribution is -0.126. The van der Waals surface area contributed by atoms with E-state index >= 15 is 0 Å². The maximum Gasteiger partial charge on any atom is 0.393 e. The average Bonchev–Trinajstić information content (AvgIpc) is 3.35. The molecule has 11 heteroatoms. The highest BCUT2D eigenvalue weighted by atomic mass is 35.5. The fraction of sp³-hybridized carbons (Fsp3) is 0.435. The Morgan fingerprint density at radius 3 is 2.79 bits per heavy atom. The second-order valence-electron chi connectivity index (χ2n) is 9.12. The molecule has 1 saturated carbocycles. The Balaban J connectivity index is 1.24. The second-order valence-corrected chi connectivity index (χ2v) is 10.6. The number of carbonyl (C=O) groups excluding carboxylic acids is 1. The quantitative estimate of drug-likeness (QED) is 0.489. The lowest BCUT2D eigenvalue weighted by atomic mass is 9.65. The van der Waals surface area contributed by atoms with Crippen molar-refractivity contribution in [1.29, 1.82) is 0 Å². The fourth-order valence-electron chi connectivity index (χ4n) is 5.13. The number of rotatable bonds is 5. The Kier molecular flexibility index (Phi) is 5.84. The number of hydrogen-bond acceptors (Lipinski definition) is 6. The summed E-state index contributed by atoms with van der Waals surface area (Å²) in [6.07, 6.45) is -0.780. The minimum atomic E-state index is -4.24. The molecule has 1 saturated heterocycles. The first-order chi connectivity index (χ1) is 16.1. The smallest absolute Gasteiger partial charge is 0.382 e. The van der Waals surface area contributed by atoms with Gasteiger partial charge in [-0.1, -0.05) is 11.6 Å². The minimum Gasteiger partial charge on any atom is -0.382 e. The van der Waals surface area contributed by atoms with Gasteiger partial charge in [-0.3, -0.25) is 4.79 Å². The van der Waals surface area contributed by atoms with E-state index in [0.717, 1.165) is 55.2 Å². The van der Waals surface area contributed by atoms with Crippen molar-refractivity contribution >= 4 is 50.6 Å². The molecule has 2 aromatic heterocycles. The van der Waals surface area contributed by atoms with E-state index in [1.54, 1.807) is 25.2 Å². The normalized spacial score (nSPS) is 22.3. The molecule has 180 valence electrons. The standard InChI is InChI=1S/C23H23ClF3N5OS/c1-28-20(33)16-3-2-13(6-18(16)24)31-14-8-22(9-14)4-5-32(11-22)19-17-7-15(10-23(25,26)27)34-21(17)30-12-29-19/h2-3,6-7,12,14,31H,4-5,8-11H2,1H3,(H,28,33). The van der Waals surface area contributed by atoms with Crippen molar-refractivity contribution in [1.82, 2.24) is 15.3 Å². The van der Waals surface area contributed by atoms with Crippen molar-refractivity contribution in [3.05, 3.63) is 46.1 Å². The van der Waals surface area contributed by atoms with E-state index in [2.05, 4.69) is 25.5 Å². The zero-order valence-corrected chi connectivity index (χ0v) is 19.9. The second kappa shape index (κ2) is 8.57. The Morgan fingerprint density at radius 1 is 1.29 bits per heavy atom. The van der Waals surface area contributed by atoms with Crippen LogP contribution in [0, 0.1) is 5.41 Å². The first-order valence-electron chi connectivity index (χ1n) is 11.0. The van der Waals surface area contributed by atoms with Gasteiger partial charge in [0, 0.05) is 36.7 Å². The minimum absolute atomic E-state index is 0.158. The number of amides is 1. The van der Waals surface area contributed by atoms with Gasteiger partial charge in [0.15, 0.2) is 0 Å².